The number of rotatable bonds is 9. The van der Waals surface area contributed by atoms with Crippen LogP contribution in [0.15, 0.2) is 42.7 Å². The third kappa shape index (κ3) is 6.01. The van der Waals surface area contributed by atoms with Gasteiger partial charge in [-0.05, 0) is 29.3 Å². The number of methoxy groups -OCH3 is 2. The van der Waals surface area contributed by atoms with Gasteiger partial charge in [-0.15, -0.1) is 0 Å². The molecule has 0 aliphatic rings. The van der Waals surface area contributed by atoms with Gasteiger partial charge in [-0.25, -0.2) is 13.1 Å². The lowest BCUT2D eigenvalue weighted by Gasteiger charge is -2.11. The van der Waals surface area contributed by atoms with Crippen molar-refractivity contribution in [3.05, 3.63) is 53.9 Å². The van der Waals surface area contributed by atoms with Crippen molar-refractivity contribution >= 4 is 15.9 Å². The van der Waals surface area contributed by atoms with Gasteiger partial charge in [-0.3, -0.25) is 9.78 Å². The van der Waals surface area contributed by atoms with E-state index in [0.29, 0.717) is 17.1 Å². The molecule has 0 unspecified atom stereocenters. The average Bonchev–Trinajstić information content (AvgIpc) is 2.65. The van der Waals surface area contributed by atoms with Crippen LogP contribution in [0.3, 0.4) is 0 Å². The van der Waals surface area contributed by atoms with E-state index < -0.39 is 15.9 Å². The largest absolute Gasteiger partial charge is 0.493 e. The Kier molecular flexibility index (Phi) is 6.93. The molecule has 0 bridgehead atoms. The molecule has 9 heteroatoms. The number of nitrogens with zero attached hydrogens (tertiary/aromatic N) is 1. The molecule has 1 heterocycles. The first-order valence-corrected chi connectivity index (χ1v) is 9.42. The predicted molar refractivity (Wildman–Crippen MR) is 96.3 cm³/mol. The van der Waals surface area contributed by atoms with E-state index in [1.165, 1.54) is 14.2 Å². The molecule has 140 valence electrons. The number of aromatic nitrogens is 1. The van der Waals surface area contributed by atoms with Crippen LogP contribution < -0.4 is 19.5 Å². The molecule has 0 aliphatic heterocycles. The summed E-state index contributed by atoms with van der Waals surface area (Å²) in [5, 5.41) is 2.63. The first kappa shape index (κ1) is 19.7. The summed E-state index contributed by atoms with van der Waals surface area (Å²) in [5.74, 6) is 0.249. The molecule has 26 heavy (non-hydrogen) atoms. The average molecular weight is 379 g/mol. The normalized spacial score (nSPS) is 11.0. The lowest BCUT2D eigenvalue weighted by Crippen LogP contribution is -2.37. The van der Waals surface area contributed by atoms with Gasteiger partial charge in [0.05, 0.1) is 26.5 Å². The van der Waals surface area contributed by atoms with E-state index in [9.17, 15) is 13.2 Å². The van der Waals surface area contributed by atoms with Crippen molar-refractivity contribution in [2.45, 2.75) is 12.3 Å². The van der Waals surface area contributed by atoms with Crippen molar-refractivity contribution in [1.29, 1.82) is 0 Å². The van der Waals surface area contributed by atoms with E-state index in [1.807, 2.05) is 6.07 Å². The predicted octanol–water partition coefficient (Wildman–Crippen LogP) is 0.835. The van der Waals surface area contributed by atoms with E-state index >= 15 is 0 Å². The van der Waals surface area contributed by atoms with Crippen LogP contribution in [0.1, 0.15) is 11.1 Å². The van der Waals surface area contributed by atoms with Crippen molar-refractivity contribution < 1.29 is 22.7 Å². The molecule has 0 spiro atoms. The smallest absolute Gasteiger partial charge is 0.235 e. The maximum absolute atomic E-state index is 12.2. The minimum atomic E-state index is -3.68. The molecular formula is C17H21N3O5S. The van der Waals surface area contributed by atoms with E-state index in [2.05, 4.69) is 15.0 Å². The first-order chi connectivity index (χ1) is 12.4. The molecule has 0 radical (unpaired) electrons. The van der Waals surface area contributed by atoms with Gasteiger partial charge in [0.2, 0.25) is 15.9 Å². The highest BCUT2D eigenvalue weighted by molar-refractivity contribution is 7.88. The number of ether oxygens (including phenoxy) is 2. The highest BCUT2D eigenvalue weighted by Crippen LogP contribution is 2.28. The second-order valence-corrected chi connectivity index (χ2v) is 7.21. The number of nitrogens with one attached hydrogen (secondary N) is 2. The van der Waals surface area contributed by atoms with Crippen LogP contribution in [-0.2, 0) is 27.1 Å². The molecule has 1 aromatic heterocycles. The van der Waals surface area contributed by atoms with Gasteiger partial charge in [-0.1, -0.05) is 12.1 Å². The van der Waals surface area contributed by atoms with Crippen LogP contribution in [0.25, 0.3) is 0 Å². The first-order valence-electron chi connectivity index (χ1n) is 7.77. The Hall–Kier alpha value is -2.65. The van der Waals surface area contributed by atoms with Crippen LogP contribution in [0.2, 0.25) is 0 Å². The number of amides is 1. The SMILES string of the molecule is COc1ccc(CS(=O)(=O)NCC(=O)NCc2cccnc2)cc1OC. The van der Waals surface area contributed by atoms with Gasteiger partial charge in [0.1, 0.15) is 0 Å². The molecule has 2 aromatic rings. The molecule has 8 nitrogen and oxygen atoms in total. The van der Waals surface area contributed by atoms with E-state index in [0.717, 1.165) is 5.56 Å². The van der Waals surface area contributed by atoms with Crippen molar-refractivity contribution in [2.24, 2.45) is 0 Å². The molecule has 1 amide bonds. The van der Waals surface area contributed by atoms with Crippen molar-refractivity contribution in [2.75, 3.05) is 20.8 Å². The number of benzene rings is 1. The molecule has 2 N–H and O–H groups in total. The summed E-state index contributed by atoms with van der Waals surface area (Å²) in [6.45, 7) is -0.0556. The molecular weight excluding hydrogens is 358 g/mol. The van der Waals surface area contributed by atoms with Crippen molar-refractivity contribution in [3.63, 3.8) is 0 Å². The summed E-state index contributed by atoms with van der Waals surface area (Å²) in [6, 6.07) is 8.41. The third-order valence-electron chi connectivity index (χ3n) is 3.47. The van der Waals surface area contributed by atoms with Crippen LogP contribution in [0.4, 0.5) is 0 Å². The zero-order valence-electron chi connectivity index (χ0n) is 14.6. The molecule has 0 saturated heterocycles. The number of carbonyl (C=O) groups excluding carboxylic acids is 1. The van der Waals surface area contributed by atoms with E-state index in [-0.39, 0.29) is 18.8 Å². The fourth-order valence-electron chi connectivity index (χ4n) is 2.18. The number of carbonyl (C=O) groups is 1. The van der Waals surface area contributed by atoms with Gasteiger partial charge in [-0.2, -0.15) is 0 Å². The Labute approximate surface area is 152 Å². The highest BCUT2D eigenvalue weighted by Gasteiger charge is 2.15. The molecule has 0 atom stereocenters. The number of hydrogen-bond donors (Lipinski definition) is 2. The second kappa shape index (κ2) is 9.16. The standard InChI is InChI=1S/C17H21N3O5S/c1-24-15-6-5-13(8-16(15)25-2)12-26(22,23)20-11-17(21)19-10-14-4-3-7-18-9-14/h3-9,20H,10-12H2,1-2H3,(H,19,21). The van der Waals surface area contributed by atoms with Crippen LogP contribution >= 0.6 is 0 Å². The van der Waals surface area contributed by atoms with Gasteiger partial charge >= 0.3 is 0 Å². The number of sulfonamides is 1. The minimum absolute atomic E-state index is 0.275. The van der Waals surface area contributed by atoms with Crippen LogP contribution in [0.5, 0.6) is 11.5 Å². The Morgan fingerprint density at radius 3 is 2.54 bits per heavy atom. The summed E-state index contributed by atoms with van der Waals surface area (Å²) < 4.78 is 36.9. The number of pyridine rings is 1. The maximum atomic E-state index is 12.2. The zero-order chi connectivity index (χ0) is 19.0. The zero-order valence-corrected chi connectivity index (χ0v) is 15.4. The summed E-state index contributed by atoms with van der Waals surface area (Å²) in [5.41, 5.74) is 1.35. The minimum Gasteiger partial charge on any atom is -0.493 e. The lowest BCUT2D eigenvalue weighted by atomic mass is 10.2. The van der Waals surface area contributed by atoms with Crippen LogP contribution in [-0.4, -0.2) is 40.1 Å². The highest BCUT2D eigenvalue weighted by atomic mass is 32.2. The fourth-order valence-corrected chi connectivity index (χ4v) is 3.25. The Morgan fingerprint density at radius 1 is 1.12 bits per heavy atom. The van der Waals surface area contributed by atoms with Crippen molar-refractivity contribution in [1.82, 2.24) is 15.0 Å². The summed E-state index contributed by atoms with van der Waals surface area (Å²) in [7, 11) is -0.704. The maximum Gasteiger partial charge on any atom is 0.235 e. The van der Waals surface area contributed by atoms with Crippen molar-refractivity contribution in [3.8, 4) is 11.5 Å². The quantitative estimate of drug-likeness (QED) is 0.669. The Morgan fingerprint density at radius 2 is 1.88 bits per heavy atom. The summed E-state index contributed by atoms with van der Waals surface area (Å²) in [4.78, 5) is 15.7. The van der Waals surface area contributed by atoms with Crippen LogP contribution in [0, 0.1) is 0 Å². The molecule has 0 fully saturated rings. The monoisotopic (exact) mass is 379 g/mol. The Bertz CT molecular complexity index is 841. The topological polar surface area (TPSA) is 107 Å². The molecule has 1 aromatic carbocycles. The Balaban J connectivity index is 1.87. The third-order valence-corrected chi connectivity index (χ3v) is 4.77. The fraction of sp³-hybridized carbons (Fsp3) is 0.294. The molecule has 2 rings (SSSR count). The van der Waals surface area contributed by atoms with Gasteiger partial charge in [0.25, 0.3) is 0 Å². The van der Waals surface area contributed by atoms with Gasteiger partial charge in [0.15, 0.2) is 11.5 Å². The van der Waals surface area contributed by atoms with Gasteiger partial charge < -0.3 is 14.8 Å². The molecule has 0 aliphatic carbocycles. The van der Waals surface area contributed by atoms with Gasteiger partial charge in [0, 0.05) is 18.9 Å². The molecule has 0 saturated carbocycles. The summed E-state index contributed by atoms with van der Waals surface area (Å²) in [6.07, 6.45) is 3.26. The van der Waals surface area contributed by atoms with E-state index in [1.54, 1.807) is 36.7 Å². The second-order valence-electron chi connectivity index (χ2n) is 5.41. The lowest BCUT2D eigenvalue weighted by molar-refractivity contribution is -0.120. The summed E-state index contributed by atoms with van der Waals surface area (Å²) >= 11 is 0. The van der Waals surface area contributed by atoms with E-state index in [4.69, 9.17) is 9.47 Å². The number of hydrogen-bond acceptors (Lipinski definition) is 6.